The highest BCUT2D eigenvalue weighted by Crippen LogP contribution is 2.68. The van der Waals surface area contributed by atoms with Gasteiger partial charge in [-0.3, -0.25) is 33.0 Å². The van der Waals surface area contributed by atoms with Crippen LogP contribution in [-0.4, -0.2) is 80.6 Å². The number of carbonyl (C=O) groups is 2. The third kappa shape index (κ3) is 8.87. The van der Waals surface area contributed by atoms with Gasteiger partial charge in [-0.25, -0.2) is 49.1 Å². The number of sulfonamides is 1. The maximum Gasteiger partial charge on any atom is 0.293 e. The van der Waals surface area contributed by atoms with Crippen LogP contribution in [0.4, 0.5) is 45.3 Å². The Morgan fingerprint density at radius 2 is 1.69 bits per heavy atom. The number of carbonyl (C=O) groups excluding carboxylic acids is 2. The van der Waals surface area contributed by atoms with Crippen molar-refractivity contribution in [2.75, 3.05) is 24.7 Å². The smallest absolute Gasteiger partial charge is 0.293 e. The molecule has 3 aliphatic carbocycles. The maximum atomic E-state index is 16.7. The van der Waals surface area contributed by atoms with Gasteiger partial charge in [0.05, 0.1) is 45.0 Å². The fourth-order valence-corrected chi connectivity index (χ4v) is 10.4. The molecule has 3 aliphatic rings. The summed E-state index contributed by atoms with van der Waals surface area (Å²) in [5.41, 5.74) is -8.21. The van der Waals surface area contributed by atoms with Gasteiger partial charge in [0.15, 0.2) is 23.4 Å². The SMILES string of the molecule is COCCCn1nc(NS(C)(=O)=O)c2c(Cl)ccc(-n3c([C@H](Cc4cc(F)cc(F)c4)NC(=O)Cn4nc(C(F)F)c5c4C(F)(F)[C@@H]4C[C@H]54)nc4nc(C5(F)CCC(F)(F)CC5)cc(C=O)c4c3=O)c21. The van der Waals surface area contributed by atoms with Gasteiger partial charge in [-0.15, -0.1) is 0 Å². The Hall–Kier alpha value is -6.08. The summed E-state index contributed by atoms with van der Waals surface area (Å²) in [6, 6.07) is 3.83. The van der Waals surface area contributed by atoms with E-state index < -0.39 is 153 Å². The standard InChI is InChI=1S/C44H39ClF9N9O6S/c1-69-11-3-10-61-35-28(5-4-26(45)33(35)39(59-61)60-70(2,67)68)63-40(57-38-31(41(63)66)21(19-64)15-29(56-38)42(50)6-8-43(51,52)9-7-42)27(14-20-12-22(46)16-23(47)13-20)55-30(65)18-62-36-32(34(58-62)37(48)49)24-17-25(24)44(36,53)54/h4-5,12-13,15-16,19,24-25,27,37H,3,6-11,14,17-18H2,1-2H3,(H,55,65)(H,59,60)/t24-,25+,27-/m0/s1. The lowest BCUT2D eigenvalue weighted by Gasteiger charge is -2.33. The Kier molecular flexibility index (Phi) is 12.3. The first kappa shape index (κ1) is 48.9. The van der Waals surface area contributed by atoms with E-state index in [2.05, 4.69) is 30.2 Å². The average Bonchev–Trinajstić information content (AvgIpc) is 3.80. The van der Waals surface area contributed by atoms with Crippen LogP contribution in [0.15, 0.2) is 41.2 Å². The molecule has 372 valence electrons. The van der Waals surface area contributed by atoms with Crippen LogP contribution in [0.3, 0.4) is 0 Å². The summed E-state index contributed by atoms with van der Waals surface area (Å²) in [5.74, 6) is -13.4. The number of methoxy groups -OCH3 is 1. The molecule has 1 amide bonds. The number of hydrogen-bond acceptors (Lipinski definition) is 10. The fraction of sp³-hybridized carbons (Fsp3) is 0.432. The number of hydrogen-bond donors (Lipinski definition) is 2. The quantitative estimate of drug-likeness (QED) is 0.0546. The minimum absolute atomic E-state index is 0.0414. The predicted molar refractivity (Wildman–Crippen MR) is 233 cm³/mol. The number of aldehydes is 1. The van der Waals surface area contributed by atoms with E-state index in [1.165, 1.54) is 23.9 Å². The summed E-state index contributed by atoms with van der Waals surface area (Å²) < 4.78 is 170. The Morgan fingerprint density at radius 3 is 2.33 bits per heavy atom. The number of aryl methyl sites for hydroxylation is 1. The second kappa shape index (κ2) is 17.6. The third-order valence-corrected chi connectivity index (χ3v) is 13.7. The molecule has 4 aromatic heterocycles. The molecule has 0 bridgehead atoms. The molecule has 0 unspecified atom stereocenters. The number of fused-ring (bicyclic) bond motifs is 5. The molecule has 2 N–H and O–H groups in total. The van der Waals surface area contributed by atoms with Crippen molar-refractivity contribution in [1.82, 2.24) is 39.4 Å². The molecule has 9 rings (SSSR count). The molecule has 2 saturated carbocycles. The van der Waals surface area contributed by atoms with Gasteiger partial charge in [-0.1, -0.05) is 11.6 Å². The molecule has 6 aromatic rings. The summed E-state index contributed by atoms with van der Waals surface area (Å²) in [7, 11) is -2.67. The summed E-state index contributed by atoms with van der Waals surface area (Å²) in [5, 5.41) is 9.87. The van der Waals surface area contributed by atoms with Crippen molar-refractivity contribution in [2.45, 2.75) is 93.9 Å². The van der Waals surface area contributed by atoms with E-state index in [1.807, 2.05) is 0 Å². The van der Waals surface area contributed by atoms with E-state index in [-0.39, 0.29) is 70.8 Å². The monoisotopic (exact) mass is 1030 g/mol. The molecule has 26 heteroatoms. The summed E-state index contributed by atoms with van der Waals surface area (Å²) in [4.78, 5) is 51.5. The van der Waals surface area contributed by atoms with Crippen molar-refractivity contribution in [3.05, 3.63) is 103 Å². The lowest BCUT2D eigenvalue weighted by molar-refractivity contribution is -0.123. The molecule has 0 radical (unpaired) electrons. The highest BCUT2D eigenvalue weighted by molar-refractivity contribution is 7.92. The van der Waals surface area contributed by atoms with Crippen LogP contribution in [0.25, 0.3) is 27.6 Å². The van der Waals surface area contributed by atoms with Gasteiger partial charge in [0, 0.05) is 62.6 Å². The summed E-state index contributed by atoms with van der Waals surface area (Å²) in [6.07, 6.45) is -6.14. The van der Waals surface area contributed by atoms with E-state index in [1.54, 1.807) is 0 Å². The molecule has 0 aliphatic heterocycles. The minimum Gasteiger partial charge on any atom is -0.385 e. The van der Waals surface area contributed by atoms with E-state index in [9.17, 15) is 44.3 Å². The lowest BCUT2D eigenvalue weighted by Crippen LogP contribution is -2.38. The first-order valence-corrected chi connectivity index (χ1v) is 23.9. The number of pyridine rings is 1. The zero-order valence-electron chi connectivity index (χ0n) is 36.7. The molecule has 2 aromatic carbocycles. The topological polar surface area (TPSA) is 185 Å². The zero-order chi connectivity index (χ0) is 50.4. The van der Waals surface area contributed by atoms with Crippen LogP contribution in [-0.2, 0) is 50.7 Å². The second-order valence-corrected chi connectivity index (χ2v) is 19.9. The fourth-order valence-electron chi connectivity index (χ4n) is 9.62. The highest BCUT2D eigenvalue weighted by Gasteiger charge is 2.67. The molecule has 0 saturated heterocycles. The van der Waals surface area contributed by atoms with Gasteiger partial charge < -0.3 is 10.1 Å². The normalized spacial score (nSPS) is 19.3. The van der Waals surface area contributed by atoms with E-state index >= 15 is 18.0 Å². The van der Waals surface area contributed by atoms with Crippen LogP contribution in [0.5, 0.6) is 0 Å². The van der Waals surface area contributed by atoms with Gasteiger partial charge >= 0.3 is 0 Å². The lowest BCUT2D eigenvalue weighted by atomic mass is 9.81. The number of nitrogens with one attached hydrogen (secondary N) is 2. The summed E-state index contributed by atoms with van der Waals surface area (Å²) >= 11 is 6.72. The predicted octanol–water partition coefficient (Wildman–Crippen LogP) is 8.10. The van der Waals surface area contributed by atoms with Gasteiger partial charge in [-0.05, 0) is 67.5 Å². The molecule has 70 heavy (non-hydrogen) atoms. The molecule has 15 nitrogen and oxygen atoms in total. The number of amides is 1. The van der Waals surface area contributed by atoms with Crippen molar-refractivity contribution >= 4 is 61.6 Å². The number of nitrogens with zero attached hydrogens (tertiary/aromatic N) is 7. The van der Waals surface area contributed by atoms with Crippen molar-refractivity contribution in [3.63, 3.8) is 0 Å². The molecule has 4 heterocycles. The highest BCUT2D eigenvalue weighted by atomic mass is 35.5. The van der Waals surface area contributed by atoms with Crippen molar-refractivity contribution < 1.29 is 62.3 Å². The Labute approximate surface area is 395 Å². The van der Waals surface area contributed by atoms with Crippen LogP contribution in [0.1, 0.15) is 101 Å². The van der Waals surface area contributed by atoms with Crippen LogP contribution in [0.2, 0.25) is 5.02 Å². The molecular weight excluding hydrogens is 989 g/mol. The number of alkyl halides is 7. The largest absolute Gasteiger partial charge is 0.385 e. The van der Waals surface area contributed by atoms with Gasteiger partial charge in [0.1, 0.15) is 35.4 Å². The Morgan fingerprint density at radius 1 is 0.986 bits per heavy atom. The van der Waals surface area contributed by atoms with Crippen molar-refractivity contribution in [1.29, 1.82) is 0 Å². The van der Waals surface area contributed by atoms with Crippen LogP contribution in [0, 0.1) is 17.6 Å². The van der Waals surface area contributed by atoms with E-state index in [0.717, 1.165) is 29.0 Å². The van der Waals surface area contributed by atoms with Crippen LogP contribution >= 0.6 is 11.6 Å². The Balaban J connectivity index is 1.30. The van der Waals surface area contributed by atoms with E-state index in [4.69, 9.17) is 16.3 Å². The average molecular weight is 1030 g/mol. The number of benzene rings is 2. The minimum atomic E-state index is -4.08. The number of rotatable bonds is 16. The Bertz CT molecular complexity index is 3280. The third-order valence-electron chi connectivity index (χ3n) is 12.8. The van der Waals surface area contributed by atoms with E-state index in [0.29, 0.717) is 10.7 Å². The number of aromatic nitrogens is 7. The molecule has 0 spiro atoms. The first-order chi connectivity index (χ1) is 32.9. The molecule has 2 fully saturated rings. The number of ether oxygens (including phenoxy) is 1. The summed E-state index contributed by atoms with van der Waals surface area (Å²) in [6.45, 7) is -1.04. The number of halogens is 10. The van der Waals surface area contributed by atoms with Crippen LogP contribution < -0.4 is 15.6 Å². The zero-order valence-corrected chi connectivity index (χ0v) is 38.3. The molecule has 3 atom stereocenters. The van der Waals surface area contributed by atoms with Gasteiger partial charge in [0.2, 0.25) is 21.9 Å². The van der Waals surface area contributed by atoms with Gasteiger partial charge in [0.25, 0.3) is 17.9 Å². The van der Waals surface area contributed by atoms with Crippen molar-refractivity contribution in [3.8, 4) is 5.69 Å². The maximum absolute atomic E-state index is 16.7. The van der Waals surface area contributed by atoms with Crippen molar-refractivity contribution in [2.24, 2.45) is 5.92 Å². The second-order valence-electron chi connectivity index (χ2n) is 17.7. The molecular formula is C44H39ClF9N9O6S. The number of anilines is 1. The first-order valence-electron chi connectivity index (χ1n) is 21.6. The van der Waals surface area contributed by atoms with Gasteiger partial charge in [-0.2, -0.15) is 19.0 Å².